The predicted molar refractivity (Wildman–Crippen MR) is 69.1 cm³/mol. The summed E-state index contributed by atoms with van der Waals surface area (Å²) in [5, 5.41) is 14.6. The minimum absolute atomic E-state index is 0.0364. The third-order valence-electron chi connectivity index (χ3n) is 5.57. The summed E-state index contributed by atoms with van der Waals surface area (Å²) in [4.78, 5) is 12.1. The highest BCUT2D eigenvalue weighted by Crippen LogP contribution is 2.68. The molecule has 0 bridgehead atoms. The van der Waals surface area contributed by atoms with Crippen LogP contribution in [0, 0.1) is 22.2 Å². The Labute approximate surface area is 108 Å². The number of amides is 1. The van der Waals surface area contributed by atoms with Crippen molar-refractivity contribution in [1.82, 2.24) is 5.32 Å². The molecule has 0 spiro atoms. The average Bonchev–Trinajstić information content (AvgIpc) is 3.14. The molecule has 0 aromatic carbocycles. The molecule has 0 unspecified atom stereocenters. The SMILES string of the molecule is CC1(C)C(CNC(=O)C2(C(N)=NO)CC2)C1(C)C. The van der Waals surface area contributed by atoms with Crippen LogP contribution in [0.5, 0.6) is 0 Å². The molecular weight excluding hydrogens is 230 g/mol. The van der Waals surface area contributed by atoms with E-state index in [9.17, 15) is 4.79 Å². The number of oxime groups is 1. The van der Waals surface area contributed by atoms with E-state index >= 15 is 0 Å². The van der Waals surface area contributed by atoms with E-state index in [0.717, 1.165) is 0 Å². The largest absolute Gasteiger partial charge is 0.409 e. The quantitative estimate of drug-likeness (QED) is 0.305. The topological polar surface area (TPSA) is 87.7 Å². The van der Waals surface area contributed by atoms with Gasteiger partial charge in [0.25, 0.3) is 0 Å². The first kappa shape index (κ1) is 13.2. The normalized spacial score (nSPS) is 27.7. The smallest absolute Gasteiger partial charge is 0.233 e. The molecule has 2 rings (SSSR count). The molecule has 2 aliphatic carbocycles. The van der Waals surface area contributed by atoms with Crippen molar-refractivity contribution in [2.45, 2.75) is 40.5 Å². The van der Waals surface area contributed by atoms with E-state index < -0.39 is 5.41 Å². The van der Waals surface area contributed by atoms with Crippen LogP contribution in [0.3, 0.4) is 0 Å². The summed E-state index contributed by atoms with van der Waals surface area (Å²) < 4.78 is 0. The maximum atomic E-state index is 12.1. The van der Waals surface area contributed by atoms with Gasteiger partial charge in [-0.05, 0) is 29.6 Å². The van der Waals surface area contributed by atoms with E-state index in [4.69, 9.17) is 10.9 Å². The highest BCUT2D eigenvalue weighted by atomic mass is 16.4. The molecular formula is C13H23N3O2. The van der Waals surface area contributed by atoms with Crippen molar-refractivity contribution in [3.05, 3.63) is 0 Å². The van der Waals surface area contributed by atoms with Crippen molar-refractivity contribution in [3.63, 3.8) is 0 Å². The Kier molecular flexibility index (Phi) is 2.65. The third kappa shape index (κ3) is 1.60. The van der Waals surface area contributed by atoms with Gasteiger partial charge in [0.05, 0.1) is 0 Å². The van der Waals surface area contributed by atoms with E-state index in [-0.39, 0.29) is 22.6 Å². The second-order valence-corrected chi connectivity index (χ2v) is 6.77. The Hall–Kier alpha value is -1.26. The van der Waals surface area contributed by atoms with Gasteiger partial charge >= 0.3 is 0 Å². The summed E-state index contributed by atoms with van der Waals surface area (Å²) in [6, 6.07) is 0. The molecule has 2 aliphatic rings. The summed E-state index contributed by atoms with van der Waals surface area (Å²) in [5.74, 6) is 0.419. The van der Waals surface area contributed by atoms with Crippen molar-refractivity contribution < 1.29 is 10.0 Å². The van der Waals surface area contributed by atoms with Crippen LogP contribution in [-0.2, 0) is 4.79 Å². The summed E-state index contributed by atoms with van der Waals surface area (Å²) in [6.07, 6.45) is 1.35. The minimum Gasteiger partial charge on any atom is -0.409 e. The Morgan fingerprint density at radius 3 is 2.17 bits per heavy atom. The molecule has 2 fully saturated rings. The lowest BCUT2D eigenvalue weighted by Gasteiger charge is -2.14. The summed E-state index contributed by atoms with van der Waals surface area (Å²) >= 11 is 0. The van der Waals surface area contributed by atoms with Gasteiger partial charge in [-0.15, -0.1) is 0 Å². The van der Waals surface area contributed by atoms with Crippen LogP contribution in [-0.4, -0.2) is 23.5 Å². The monoisotopic (exact) mass is 253 g/mol. The number of nitrogens with two attached hydrogens (primary N) is 1. The standard InChI is InChI=1S/C13H23N3O2/c1-11(2)8(12(11,3)4)7-15-10(17)13(5-6-13)9(14)16-18/h8,18H,5-7H2,1-4H3,(H2,14,16)(H,15,17). The Morgan fingerprint density at radius 2 is 1.83 bits per heavy atom. The molecule has 5 nitrogen and oxygen atoms in total. The molecule has 4 N–H and O–H groups in total. The molecule has 0 aromatic heterocycles. The van der Waals surface area contributed by atoms with E-state index in [1.807, 2.05) is 0 Å². The zero-order chi connectivity index (χ0) is 13.8. The number of hydrogen-bond acceptors (Lipinski definition) is 3. The highest BCUT2D eigenvalue weighted by Gasteiger charge is 2.64. The van der Waals surface area contributed by atoms with Crippen LogP contribution in [0.2, 0.25) is 0 Å². The number of carbonyl (C=O) groups excluding carboxylic acids is 1. The summed E-state index contributed by atoms with van der Waals surface area (Å²) in [6.45, 7) is 9.56. The van der Waals surface area contributed by atoms with Crippen LogP contribution in [0.4, 0.5) is 0 Å². The molecule has 2 saturated carbocycles. The number of nitrogens with one attached hydrogen (secondary N) is 1. The van der Waals surface area contributed by atoms with Gasteiger partial charge in [-0.25, -0.2) is 0 Å². The number of carbonyl (C=O) groups is 1. The van der Waals surface area contributed by atoms with Gasteiger partial charge in [0, 0.05) is 6.54 Å². The van der Waals surface area contributed by atoms with E-state index in [1.54, 1.807) is 0 Å². The first-order chi connectivity index (χ1) is 8.20. The van der Waals surface area contributed by atoms with Crippen LogP contribution in [0.15, 0.2) is 5.16 Å². The molecule has 5 heteroatoms. The predicted octanol–water partition coefficient (Wildman–Crippen LogP) is 1.31. The zero-order valence-corrected chi connectivity index (χ0v) is 11.6. The molecule has 102 valence electrons. The number of nitrogens with zero attached hydrogens (tertiary/aromatic N) is 1. The highest BCUT2D eigenvalue weighted by molar-refractivity contribution is 6.09. The number of hydrogen-bond donors (Lipinski definition) is 3. The Morgan fingerprint density at radius 1 is 1.33 bits per heavy atom. The first-order valence-electron chi connectivity index (χ1n) is 6.46. The molecule has 0 aliphatic heterocycles. The van der Waals surface area contributed by atoms with E-state index in [2.05, 4.69) is 38.2 Å². The fourth-order valence-electron chi connectivity index (χ4n) is 3.03. The molecule has 18 heavy (non-hydrogen) atoms. The lowest BCUT2D eigenvalue weighted by Crippen LogP contribution is -2.41. The fourth-order valence-corrected chi connectivity index (χ4v) is 3.03. The lowest BCUT2D eigenvalue weighted by molar-refractivity contribution is -0.124. The summed E-state index contributed by atoms with van der Waals surface area (Å²) in [5.41, 5.74) is 5.36. The van der Waals surface area contributed by atoms with Gasteiger partial charge in [-0.2, -0.15) is 0 Å². The third-order valence-corrected chi connectivity index (χ3v) is 5.57. The van der Waals surface area contributed by atoms with Crippen molar-refractivity contribution >= 4 is 11.7 Å². The molecule has 0 saturated heterocycles. The Bertz CT molecular complexity index is 394. The van der Waals surface area contributed by atoms with Crippen LogP contribution < -0.4 is 11.1 Å². The maximum absolute atomic E-state index is 12.1. The maximum Gasteiger partial charge on any atom is 0.233 e. The second-order valence-electron chi connectivity index (χ2n) is 6.77. The van der Waals surface area contributed by atoms with Gasteiger partial charge in [0.2, 0.25) is 5.91 Å². The molecule has 0 heterocycles. The van der Waals surface area contributed by atoms with Crippen molar-refractivity contribution in [1.29, 1.82) is 0 Å². The second kappa shape index (κ2) is 3.62. The van der Waals surface area contributed by atoms with Gasteiger partial charge in [0.15, 0.2) is 5.84 Å². The molecule has 0 atom stereocenters. The molecule has 0 aromatic rings. The number of rotatable bonds is 4. The average molecular weight is 253 g/mol. The molecule has 0 radical (unpaired) electrons. The van der Waals surface area contributed by atoms with Gasteiger partial charge < -0.3 is 16.3 Å². The van der Waals surface area contributed by atoms with E-state index in [0.29, 0.717) is 25.3 Å². The van der Waals surface area contributed by atoms with Crippen LogP contribution >= 0.6 is 0 Å². The minimum atomic E-state index is -0.738. The van der Waals surface area contributed by atoms with Crippen LogP contribution in [0.25, 0.3) is 0 Å². The van der Waals surface area contributed by atoms with Gasteiger partial charge in [-0.3, -0.25) is 4.79 Å². The Balaban J connectivity index is 1.92. The van der Waals surface area contributed by atoms with Crippen molar-refractivity contribution in [2.24, 2.45) is 33.1 Å². The van der Waals surface area contributed by atoms with Crippen LogP contribution in [0.1, 0.15) is 40.5 Å². The fraction of sp³-hybridized carbons (Fsp3) is 0.846. The van der Waals surface area contributed by atoms with Crippen molar-refractivity contribution in [3.8, 4) is 0 Å². The van der Waals surface area contributed by atoms with E-state index in [1.165, 1.54) is 0 Å². The van der Waals surface area contributed by atoms with Crippen molar-refractivity contribution in [2.75, 3.05) is 6.54 Å². The molecule has 1 amide bonds. The van der Waals surface area contributed by atoms with Gasteiger partial charge in [-0.1, -0.05) is 32.9 Å². The first-order valence-corrected chi connectivity index (χ1v) is 6.46. The lowest BCUT2D eigenvalue weighted by atomic mass is 10.0. The zero-order valence-electron chi connectivity index (χ0n) is 11.6. The summed E-state index contributed by atoms with van der Waals surface area (Å²) in [7, 11) is 0. The van der Waals surface area contributed by atoms with Gasteiger partial charge in [0.1, 0.15) is 5.41 Å². The number of amidine groups is 1.